The SMILES string of the molecule is O=C(O)CN1C(=O)C(NCc2ccccc2)CCc2ccccc21. The van der Waals surface area contributed by atoms with Crippen molar-refractivity contribution in [2.75, 3.05) is 11.4 Å². The molecule has 2 aromatic rings. The zero-order valence-electron chi connectivity index (χ0n) is 13.3. The molecule has 1 heterocycles. The van der Waals surface area contributed by atoms with Crippen LogP contribution in [0, 0.1) is 0 Å². The number of fused-ring (bicyclic) bond motifs is 1. The molecule has 1 atom stereocenters. The fourth-order valence-corrected chi connectivity index (χ4v) is 3.04. The topological polar surface area (TPSA) is 69.6 Å². The molecular formula is C19H20N2O3. The normalized spacial score (nSPS) is 17.2. The van der Waals surface area contributed by atoms with Crippen molar-refractivity contribution in [3.8, 4) is 0 Å². The van der Waals surface area contributed by atoms with Gasteiger partial charge in [-0.3, -0.25) is 14.5 Å². The van der Waals surface area contributed by atoms with Crippen molar-refractivity contribution in [2.24, 2.45) is 0 Å². The van der Waals surface area contributed by atoms with E-state index >= 15 is 0 Å². The number of benzene rings is 2. The largest absolute Gasteiger partial charge is 0.480 e. The van der Waals surface area contributed by atoms with Crippen LogP contribution in [0.2, 0.25) is 0 Å². The Kier molecular flexibility index (Phi) is 4.91. The van der Waals surface area contributed by atoms with Crippen LogP contribution in [0.25, 0.3) is 0 Å². The van der Waals surface area contributed by atoms with Gasteiger partial charge in [0.25, 0.3) is 0 Å². The summed E-state index contributed by atoms with van der Waals surface area (Å²) in [5, 5.41) is 12.5. The van der Waals surface area contributed by atoms with Gasteiger partial charge in [0.1, 0.15) is 6.54 Å². The number of amides is 1. The molecule has 0 bridgehead atoms. The van der Waals surface area contributed by atoms with Gasteiger partial charge in [0.05, 0.1) is 6.04 Å². The van der Waals surface area contributed by atoms with E-state index in [2.05, 4.69) is 5.32 Å². The average Bonchev–Trinajstić information content (AvgIpc) is 2.72. The van der Waals surface area contributed by atoms with Crippen LogP contribution in [0.4, 0.5) is 5.69 Å². The lowest BCUT2D eigenvalue weighted by molar-refractivity contribution is -0.136. The molecular weight excluding hydrogens is 304 g/mol. The number of aryl methyl sites for hydroxylation is 1. The third-order valence-corrected chi connectivity index (χ3v) is 4.24. The molecule has 2 aromatic carbocycles. The summed E-state index contributed by atoms with van der Waals surface area (Å²) in [6, 6.07) is 17.0. The minimum absolute atomic E-state index is 0.182. The molecule has 0 aromatic heterocycles. The molecule has 1 unspecified atom stereocenters. The van der Waals surface area contributed by atoms with Gasteiger partial charge >= 0.3 is 5.97 Å². The van der Waals surface area contributed by atoms with Crippen molar-refractivity contribution in [1.29, 1.82) is 0 Å². The van der Waals surface area contributed by atoms with Crippen molar-refractivity contribution in [1.82, 2.24) is 5.32 Å². The first kappa shape index (κ1) is 16.2. The lowest BCUT2D eigenvalue weighted by Gasteiger charge is -2.24. The van der Waals surface area contributed by atoms with E-state index in [-0.39, 0.29) is 12.5 Å². The number of carbonyl (C=O) groups is 2. The third kappa shape index (κ3) is 3.63. The van der Waals surface area contributed by atoms with E-state index in [1.54, 1.807) is 0 Å². The Labute approximate surface area is 140 Å². The number of nitrogens with zero attached hydrogens (tertiary/aromatic N) is 1. The minimum atomic E-state index is -1.01. The number of anilines is 1. The van der Waals surface area contributed by atoms with Gasteiger partial charge in [-0.1, -0.05) is 48.5 Å². The van der Waals surface area contributed by atoms with Gasteiger partial charge in [0, 0.05) is 12.2 Å². The molecule has 0 fully saturated rings. The summed E-state index contributed by atoms with van der Waals surface area (Å²) in [4.78, 5) is 25.5. The van der Waals surface area contributed by atoms with E-state index < -0.39 is 12.0 Å². The van der Waals surface area contributed by atoms with Gasteiger partial charge in [-0.05, 0) is 30.0 Å². The number of aliphatic carboxylic acids is 1. The Morgan fingerprint density at radius 2 is 1.83 bits per heavy atom. The Hall–Kier alpha value is -2.66. The predicted molar refractivity (Wildman–Crippen MR) is 91.8 cm³/mol. The maximum absolute atomic E-state index is 12.9. The van der Waals surface area contributed by atoms with E-state index in [4.69, 9.17) is 0 Å². The van der Waals surface area contributed by atoms with Crippen molar-refractivity contribution >= 4 is 17.6 Å². The van der Waals surface area contributed by atoms with E-state index in [0.29, 0.717) is 18.7 Å². The number of carboxylic acid groups (broad SMARTS) is 1. The molecule has 1 aliphatic rings. The van der Waals surface area contributed by atoms with Gasteiger partial charge in [0.2, 0.25) is 5.91 Å². The first-order chi connectivity index (χ1) is 11.6. The van der Waals surface area contributed by atoms with Crippen molar-refractivity contribution < 1.29 is 14.7 Å². The molecule has 5 heteroatoms. The number of carboxylic acids is 1. The molecule has 0 saturated carbocycles. The molecule has 0 saturated heterocycles. The van der Waals surface area contributed by atoms with Crippen LogP contribution in [0.1, 0.15) is 17.5 Å². The van der Waals surface area contributed by atoms with Gasteiger partial charge in [0.15, 0.2) is 0 Å². The van der Waals surface area contributed by atoms with Gasteiger partial charge in [-0.2, -0.15) is 0 Å². The van der Waals surface area contributed by atoms with Crippen LogP contribution in [-0.4, -0.2) is 29.6 Å². The number of carbonyl (C=O) groups excluding carboxylic acids is 1. The molecule has 5 nitrogen and oxygen atoms in total. The number of rotatable bonds is 5. The lowest BCUT2D eigenvalue weighted by Crippen LogP contribution is -2.47. The van der Waals surface area contributed by atoms with E-state index in [1.807, 2.05) is 54.6 Å². The van der Waals surface area contributed by atoms with Crippen LogP contribution in [0.3, 0.4) is 0 Å². The first-order valence-electron chi connectivity index (χ1n) is 8.03. The van der Waals surface area contributed by atoms with Crippen LogP contribution < -0.4 is 10.2 Å². The van der Waals surface area contributed by atoms with Crippen molar-refractivity contribution in [3.05, 3.63) is 65.7 Å². The molecule has 24 heavy (non-hydrogen) atoms. The Morgan fingerprint density at radius 3 is 2.58 bits per heavy atom. The summed E-state index contributed by atoms with van der Waals surface area (Å²) in [5.74, 6) is -1.19. The van der Waals surface area contributed by atoms with Crippen LogP contribution in [-0.2, 0) is 22.6 Å². The summed E-state index contributed by atoms with van der Waals surface area (Å²) in [5.41, 5.74) is 2.81. The molecule has 124 valence electrons. The van der Waals surface area contributed by atoms with Gasteiger partial charge in [-0.15, -0.1) is 0 Å². The fourth-order valence-electron chi connectivity index (χ4n) is 3.04. The monoisotopic (exact) mass is 324 g/mol. The average molecular weight is 324 g/mol. The van der Waals surface area contributed by atoms with E-state index in [0.717, 1.165) is 17.5 Å². The molecule has 2 N–H and O–H groups in total. The second-order valence-corrected chi connectivity index (χ2v) is 5.90. The zero-order valence-corrected chi connectivity index (χ0v) is 13.3. The Morgan fingerprint density at radius 1 is 1.12 bits per heavy atom. The lowest BCUT2D eigenvalue weighted by atomic mass is 10.1. The standard InChI is InChI=1S/C19H20N2O3/c22-18(23)13-21-17-9-5-4-8-15(17)10-11-16(19(21)24)20-12-14-6-2-1-3-7-14/h1-9,16,20H,10-13H2,(H,22,23). The summed E-state index contributed by atoms with van der Waals surface area (Å²) in [7, 11) is 0. The zero-order chi connectivity index (χ0) is 16.9. The second-order valence-electron chi connectivity index (χ2n) is 5.90. The first-order valence-corrected chi connectivity index (χ1v) is 8.03. The smallest absolute Gasteiger partial charge is 0.323 e. The highest BCUT2D eigenvalue weighted by Gasteiger charge is 2.31. The summed E-state index contributed by atoms with van der Waals surface area (Å²) in [6.07, 6.45) is 1.39. The van der Waals surface area contributed by atoms with E-state index in [1.165, 1.54) is 4.90 Å². The number of para-hydroxylation sites is 1. The summed E-state index contributed by atoms with van der Waals surface area (Å²) >= 11 is 0. The second kappa shape index (κ2) is 7.27. The van der Waals surface area contributed by atoms with Crippen molar-refractivity contribution in [3.63, 3.8) is 0 Å². The summed E-state index contributed by atoms with van der Waals surface area (Å²) < 4.78 is 0. The quantitative estimate of drug-likeness (QED) is 0.885. The van der Waals surface area contributed by atoms with E-state index in [9.17, 15) is 14.7 Å². The summed E-state index contributed by atoms with van der Waals surface area (Å²) in [6.45, 7) is 0.258. The Bertz CT molecular complexity index is 730. The molecule has 0 spiro atoms. The highest BCUT2D eigenvalue weighted by molar-refractivity contribution is 6.01. The Balaban J connectivity index is 1.80. The highest BCUT2D eigenvalue weighted by atomic mass is 16.4. The van der Waals surface area contributed by atoms with Crippen molar-refractivity contribution in [2.45, 2.75) is 25.4 Å². The third-order valence-electron chi connectivity index (χ3n) is 4.24. The maximum Gasteiger partial charge on any atom is 0.323 e. The van der Waals surface area contributed by atoms with Gasteiger partial charge in [-0.25, -0.2) is 0 Å². The predicted octanol–water partition coefficient (Wildman–Crippen LogP) is 2.21. The maximum atomic E-state index is 12.9. The number of nitrogens with one attached hydrogen (secondary N) is 1. The molecule has 0 radical (unpaired) electrons. The number of hydrogen-bond acceptors (Lipinski definition) is 3. The molecule has 1 aliphatic heterocycles. The number of hydrogen-bond donors (Lipinski definition) is 2. The fraction of sp³-hybridized carbons (Fsp3) is 0.263. The highest BCUT2D eigenvalue weighted by Crippen LogP contribution is 2.27. The van der Waals surface area contributed by atoms with Crippen LogP contribution in [0.5, 0.6) is 0 Å². The molecule has 0 aliphatic carbocycles. The van der Waals surface area contributed by atoms with Crippen LogP contribution in [0.15, 0.2) is 54.6 Å². The minimum Gasteiger partial charge on any atom is -0.480 e. The van der Waals surface area contributed by atoms with Crippen LogP contribution >= 0.6 is 0 Å². The molecule has 3 rings (SSSR count). The van der Waals surface area contributed by atoms with Gasteiger partial charge < -0.3 is 10.4 Å². The molecule has 1 amide bonds.